The normalized spacial score (nSPS) is 10.1. The maximum atomic E-state index is 11.0. The summed E-state index contributed by atoms with van der Waals surface area (Å²) in [6.45, 7) is 3.37. The minimum absolute atomic E-state index is 0.206. The number of rotatable bonds is 7. The second-order valence-electron chi connectivity index (χ2n) is 3.18. The summed E-state index contributed by atoms with van der Waals surface area (Å²) < 4.78 is 9.29. The molecule has 15 heavy (non-hydrogen) atoms. The molecule has 0 spiro atoms. The highest BCUT2D eigenvalue weighted by atomic mass is 16.5. The van der Waals surface area contributed by atoms with Crippen LogP contribution in [0.3, 0.4) is 0 Å². The number of nitrogens with zero attached hydrogens (tertiary/aromatic N) is 1. The number of ether oxygens (including phenoxy) is 2. The molecule has 88 valence electrons. The molecule has 0 saturated heterocycles. The van der Waals surface area contributed by atoms with Gasteiger partial charge in [0.1, 0.15) is 0 Å². The number of methoxy groups -OCH3 is 1. The molecule has 0 aliphatic carbocycles. The standard InChI is InChI=1S/C10H19NO4/c1-4-15-10(13)6-8-11(2)7-5-9(12)14-3/h4-8H2,1-3H3. The average Bonchev–Trinajstić information content (AvgIpc) is 2.23. The van der Waals surface area contributed by atoms with Crippen LogP contribution in [0, 0.1) is 0 Å². The van der Waals surface area contributed by atoms with Crippen molar-refractivity contribution >= 4 is 11.9 Å². The Hall–Kier alpha value is -1.10. The molecule has 0 bridgehead atoms. The van der Waals surface area contributed by atoms with E-state index in [4.69, 9.17) is 4.74 Å². The van der Waals surface area contributed by atoms with Gasteiger partial charge in [-0.25, -0.2) is 0 Å². The van der Waals surface area contributed by atoms with Crippen molar-refractivity contribution in [2.75, 3.05) is 33.9 Å². The summed E-state index contributed by atoms with van der Waals surface area (Å²) in [4.78, 5) is 23.7. The molecule has 0 aromatic rings. The zero-order chi connectivity index (χ0) is 11.7. The van der Waals surface area contributed by atoms with Crippen molar-refractivity contribution in [3.63, 3.8) is 0 Å². The Kier molecular flexibility index (Phi) is 7.62. The van der Waals surface area contributed by atoms with E-state index in [2.05, 4.69) is 4.74 Å². The largest absolute Gasteiger partial charge is 0.469 e. The van der Waals surface area contributed by atoms with Crippen molar-refractivity contribution in [3.8, 4) is 0 Å². The van der Waals surface area contributed by atoms with E-state index in [1.165, 1.54) is 7.11 Å². The zero-order valence-corrected chi connectivity index (χ0v) is 9.62. The van der Waals surface area contributed by atoms with Crippen LogP contribution in [0.15, 0.2) is 0 Å². The van der Waals surface area contributed by atoms with Gasteiger partial charge in [-0.05, 0) is 14.0 Å². The van der Waals surface area contributed by atoms with Crippen LogP contribution < -0.4 is 0 Å². The first-order valence-corrected chi connectivity index (χ1v) is 5.01. The summed E-state index contributed by atoms with van der Waals surface area (Å²) in [5, 5.41) is 0. The minimum Gasteiger partial charge on any atom is -0.469 e. The lowest BCUT2D eigenvalue weighted by molar-refractivity contribution is -0.143. The van der Waals surface area contributed by atoms with E-state index in [1.807, 2.05) is 11.9 Å². The summed E-state index contributed by atoms with van der Waals surface area (Å²) in [6.07, 6.45) is 0.696. The van der Waals surface area contributed by atoms with Crippen molar-refractivity contribution in [3.05, 3.63) is 0 Å². The quantitative estimate of drug-likeness (QED) is 0.579. The highest BCUT2D eigenvalue weighted by molar-refractivity contribution is 5.70. The Morgan fingerprint density at radius 2 is 1.67 bits per heavy atom. The number of carbonyl (C=O) groups excluding carboxylic acids is 2. The van der Waals surface area contributed by atoms with Crippen molar-refractivity contribution in [2.24, 2.45) is 0 Å². The molecule has 0 N–H and O–H groups in total. The van der Waals surface area contributed by atoms with Gasteiger partial charge >= 0.3 is 11.9 Å². The van der Waals surface area contributed by atoms with E-state index in [1.54, 1.807) is 6.92 Å². The number of carbonyl (C=O) groups is 2. The SMILES string of the molecule is CCOC(=O)CCN(C)CCC(=O)OC. The molecule has 5 heteroatoms. The van der Waals surface area contributed by atoms with Crippen molar-refractivity contribution in [1.82, 2.24) is 4.90 Å². The van der Waals surface area contributed by atoms with Crippen LogP contribution in [0.5, 0.6) is 0 Å². The van der Waals surface area contributed by atoms with E-state index in [-0.39, 0.29) is 11.9 Å². The van der Waals surface area contributed by atoms with E-state index in [0.29, 0.717) is 32.5 Å². The molecule has 5 nitrogen and oxygen atoms in total. The lowest BCUT2D eigenvalue weighted by Crippen LogP contribution is -2.25. The van der Waals surface area contributed by atoms with Gasteiger partial charge in [0.2, 0.25) is 0 Å². The third kappa shape index (κ3) is 7.93. The first-order chi connectivity index (χ1) is 7.10. The molecule has 0 aromatic heterocycles. The Morgan fingerprint density at radius 3 is 2.13 bits per heavy atom. The number of hydrogen-bond donors (Lipinski definition) is 0. The lowest BCUT2D eigenvalue weighted by Gasteiger charge is -2.14. The molecule has 0 atom stereocenters. The van der Waals surface area contributed by atoms with Gasteiger partial charge in [0.25, 0.3) is 0 Å². The maximum Gasteiger partial charge on any atom is 0.307 e. The van der Waals surface area contributed by atoms with Crippen molar-refractivity contribution in [1.29, 1.82) is 0 Å². The van der Waals surface area contributed by atoms with E-state index < -0.39 is 0 Å². The first-order valence-electron chi connectivity index (χ1n) is 5.01. The maximum absolute atomic E-state index is 11.0. The lowest BCUT2D eigenvalue weighted by atomic mass is 10.3. The molecule has 0 saturated carbocycles. The summed E-state index contributed by atoms with van der Waals surface area (Å²) in [5.74, 6) is -0.444. The van der Waals surface area contributed by atoms with Gasteiger partial charge < -0.3 is 14.4 Å². The smallest absolute Gasteiger partial charge is 0.307 e. The molecule has 0 unspecified atom stereocenters. The number of hydrogen-bond acceptors (Lipinski definition) is 5. The molecule has 0 fully saturated rings. The minimum atomic E-state index is -0.238. The molecule has 0 aliphatic heterocycles. The van der Waals surface area contributed by atoms with Gasteiger partial charge in [0.15, 0.2) is 0 Å². The van der Waals surface area contributed by atoms with Crippen LogP contribution in [0.1, 0.15) is 19.8 Å². The highest BCUT2D eigenvalue weighted by Crippen LogP contribution is 1.94. The second-order valence-corrected chi connectivity index (χ2v) is 3.18. The predicted molar refractivity (Wildman–Crippen MR) is 55.4 cm³/mol. The van der Waals surface area contributed by atoms with Gasteiger partial charge in [-0.1, -0.05) is 0 Å². The molecule has 0 heterocycles. The first kappa shape index (κ1) is 13.9. The van der Waals surface area contributed by atoms with Crippen LogP contribution in [0.2, 0.25) is 0 Å². The zero-order valence-electron chi connectivity index (χ0n) is 9.62. The fourth-order valence-electron chi connectivity index (χ4n) is 1.01. The highest BCUT2D eigenvalue weighted by Gasteiger charge is 2.07. The average molecular weight is 217 g/mol. The Balaban J connectivity index is 3.52. The Labute approximate surface area is 90.3 Å². The fraction of sp³-hybridized carbons (Fsp3) is 0.800. The van der Waals surface area contributed by atoms with Crippen LogP contribution in [-0.4, -0.2) is 50.7 Å². The van der Waals surface area contributed by atoms with Gasteiger partial charge in [-0.15, -0.1) is 0 Å². The summed E-state index contributed by atoms with van der Waals surface area (Å²) in [5.41, 5.74) is 0. The van der Waals surface area contributed by atoms with Gasteiger partial charge in [0.05, 0.1) is 26.6 Å². The third-order valence-electron chi connectivity index (χ3n) is 1.93. The summed E-state index contributed by atoms with van der Waals surface area (Å²) in [7, 11) is 3.21. The Bertz CT molecular complexity index is 206. The molecular weight excluding hydrogens is 198 g/mol. The molecular formula is C10H19NO4. The number of esters is 2. The van der Waals surface area contributed by atoms with Crippen LogP contribution >= 0.6 is 0 Å². The summed E-state index contributed by atoms with van der Waals surface area (Å²) in [6, 6.07) is 0. The van der Waals surface area contributed by atoms with E-state index in [9.17, 15) is 9.59 Å². The van der Waals surface area contributed by atoms with Crippen LogP contribution in [0.4, 0.5) is 0 Å². The molecule has 0 amide bonds. The third-order valence-corrected chi connectivity index (χ3v) is 1.93. The van der Waals surface area contributed by atoms with Gasteiger partial charge in [-0.3, -0.25) is 9.59 Å². The van der Waals surface area contributed by atoms with Crippen LogP contribution in [-0.2, 0) is 19.1 Å². The fourth-order valence-corrected chi connectivity index (χ4v) is 1.01. The van der Waals surface area contributed by atoms with E-state index >= 15 is 0 Å². The second kappa shape index (κ2) is 8.23. The monoisotopic (exact) mass is 217 g/mol. The topological polar surface area (TPSA) is 55.8 Å². The van der Waals surface area contributed by atoms with Crippen molar-refractivity contribution in [2.45, 2.75) is 19.8 Å². The van der Waals surface area contributed by atoms with Gasteiger partial charge in [0, 0.05) is 13.1 Å². The molecule has 0 aliphatic rings. The predicted octanol–water partition coefficient (Wildman–Crippen LogP) is 0.434. The Morgan fingerprint density at radius 1 is 1.13 bits per heavy atom. The van der Waals surface area contributed by atoms with Crippen molar-refractivity contribution < 1.29 is 19.1 Å². The molecule has 0 aromatic carbocycles. The summed E-state index contributed by atoms with van der Waals surface area (Å²) >= 11 is 0. The van der Waals surface area contributed by atoms with Crippen LogP contribution in [0.25, 0.3) is 0 Å². The van der Waals surface area contributed by atoms with E-state index in [0.717, 1.165) is 0 Å². The van der Waals surface area contributed by atoms with Gasteiger partial charge in [-0.2, -0.15) is 0 Å². The molecule has 0 rings (SSSR count). The molecule has 0 radical (unpaired) electrons.